The first kappa shape index (κ1) is 9.47. The number of rotatable bonds is 3. The number of hydrogen-bond donors (Lipinski definition) is 2. The van der Waals surface area contributed by atoms with Gasteiger partial charge in [-0.2, -0.15) is 0 Å². The van der Waals surface area contributed by atoms with Crippen LogP contribution in [0.3, 0.4) is 0 Å². The Morgan fingerprint density at radius 1 is 1.62 bits per heavy atom. The van der Waals surface area contributed by atoms with Gasteiger partial charge in [-0.3, -0.25) is 10.1 Å². The van der Waals surface area contributed by atoms with Gasteiger partial charge < -0.3 is 11.1 Å². The second-order valence-corrected chi connectivity index (χ2v) is 2.63. The van der Waals surface area contributed by atoms with Crippen LogP contribution in [0.2, 0.25) is 0 Å². The van der Waals surface area contributed by atoms with Crippen LogP contribution in [0.1, 0.15) is 5.56 Å². The molecule has 5 heteroatoms. The molecule has 0 heterocycles. The molecule has 1 rings (SSSR count). The molecule has 0 saturated carbocycles. The van der Waals surface area contributed by atoms with E-state index in [9.17, 15) is 10.1 Å². The third-order valence-corrected chi connectivity index (χ3v) is 1.74. The van der Waals surface area contributed by atoms with Crippen LogP contribution >= 0.6 is 0 Å². The Morgan fingerprint density at radius 2 is 2.31 bits per heavy atom. The minimum Gasteiger partial charge on any atom is -0.398 e. The zero-order valence-corrected chi connectivity index (χ0v) is 7.28. The van der Waals surface area contributed by atoms with Crippen LogP contribution in [0.4, 0.5) is 11.4 Å². The summed E-state index contributed by atoms with van der Waals surface area (Å²) in [5.74, 6) is 0. The second-order valence-electron chi connectivity index (χ2n) is 2.63. The van der Waals surface area contributed by atoms with E-state index < -0.39 is 4.92 Å². The monoisotopic (exact) mass is 181 g/mol. The maximum atomic E-state index is 10.6. The van der Waals surface area contributed by atoms with Crippen LogP contribution < -0.4 is 11.1 Å². The number of nitrogens with one attached hydrogen (secondary N) is 1. The highest BCUT2D eigenvalue weighted by Crippen LogP contribution is 2.23. The molecule has 0 amide bonds. The van der Waals surface area contributed by atoms with Crippen molar-refractivity contribution < 1.29 is 4.92 Å². The van der Waals surface area contributed by atoms with Crippen LogP contribution in [-0.2, 0) is 6.54 Å². The minimum absolute atomic E-state index is 0.0642. The van der Waals surface area contributed by atoms with Crippen LogP contribution in [0.25, 0.3) is 0 Å². The summed E-state index contributed by atoms with van der Waals surface area (Å²) in [4.78, 5) is 10.1. The van der Waals surface area contributed by atoms with Gasteiger partial charge in [0, 0.05) is 18.3 Å². The zero-order chi connectivity index (χ0) is 9.84. The van der Waals surface area contributed by atoms with Crippen molar-refractivity contribution in [1.82, 2.24) is 5.32 Å². The van der Waals surface area contributed by atoms with Crippen molar-refractivity contribution in [1.29, 1.82) is 0 Å². The van der Waals surface area contributed by atoms with Gasteiger partial charge in [-0.25, -0.2) is 0 Å². The first-order valence-corrected chi connectivity index (χ1v) is 3.83. The predicted octanol–water partition coefficient (Wildman–Crippen LogP) is 0.896. The third-order valence-electron chi connectivity index (χ3n) is 1.74. The highest BCUT2D eigenvalue weighted by atomic mass is 16.6. The van der Waals surface area contributed by atoms with E-state index in [1.165, 1.54) is 6.07 Å². The number of nitrogens with zero attached hydrogens (tertiary/aromatic N) is 1. The lowest BCUT2D eigenvalue weighted by Gasteiger charge is -2.04. The van der Waals surface area contributed by atoms with E-state index in [1.807, 2.05) is 0 Å². The van der Waals surface area contributed by atoms with E-state index in [2.05, 4.69) is 5.32 Å². The van der Waals surface area contributed by atoms with Gasteiger partial charge in [0.05, 0.1) is 10.5 Å². The summed E-state index contributed by atoms with van der Waals surface area (Å²) in [6.07, 6.45) is 0. The molecule has 5 nitrogen and oxygen atoms in total. The normalized spacial score (nSPS) is 9.92. The lowest BCUT2D eigenvalue weighted by molar-refractivity contribution is -0.385. The van der Waals surface area contributed by atoms with E-state index >= 15 is 0 Å². The molecule has 0 atom stereocenters. The van der Waals surface area contributed by atoms with E-state index in [0.29, 0.717) is 17.8 Å². The molecule has 0 aliphatic heterocycles. The Kier molecular flexibility index (Phi) is 2.81. The van der Waals surface area contributed by atoms with Crippen molar-refractivity contribution in [3.63, 3.8) is 0 Å². The largest absolute Gasteiger partial charge is 0.398 e. The summed E-state index contributed by atoms with van der Waals surface area (Å²) >= 11 is 0. The average Bonchev–Trinajstić information content (AvgIpc) is 2.08. The van der Waals surface area contributed by atoms with Gasteiger partial charge >= 0.3 is 0 Å². The molecule has 0 aliphatic carbocycles. The fraction of sp³-hybridized carbons (Fsp3) is 0.250. The molecule has 1 aromatic rings. The number of nitrogen functional groups attached to an aromatic ring is 1. The van der Waals surface area contributed by atoms with Crippen molar-refractivity contribution in [3.8, 4) is 0 Å². The third kappa shape index (κ3) is 1.94. The molecule has 0 bridgehead atoms. The molecule has 70 valence electrons. The number of hydrogen-bond acceptors (Lipinski definition) is 4. The lowest BCUT2D eigenvalue weighted by atomic mass is 10.1. The Morgan fingerprint density at radius 3 is 2.85 bits per heavy atom. The summed E-state index contributed by atoms with van der Waals surface area (Å²) in [5.41, 5.74) is 6.65. The number of nitrogens with two attached hydrogens (primary N) is 1. The Labute approximate surface area is 75.7 Å². The molecule has 3 N–H and O–H groups in total. The average molecular weight is 181 g/mol. The predicted molar refractivity (Wildman–Crippen MR) is 50.3 cm³/mol. The van der Waals surface area contributed by atoms with Gasteiger partial charge in [-0.1, -0.05) is 6.07 Å². The Balaban J connectivity index is 3.17. The number of benzene rings is 1. The lowest BCUT2D eigenvalue weighted by Crippen LogP contribution is -2.10. The molecule has 0 spiro atoms. The Bertz CT molecular complexity index is 325. The summed E-state index contributed by atoms with van der Waals surface area (Å²) < 4.78 is 0. The van der Waals surface area contributed by atoms with Crippen molar-refractivity contribution in [2.75, 3.05) is 12.8 Å². The standard InChI is InChI=1S/C8H11N3O2/c1-10-5-6-7(9)3-2-4-8(6)11(12)13/h2-4,10H,5,9H2,1H3. The quantitative estimate of drug-likeness (QED) is 0.412. The summed E-state index contributed by atoms with van der Waals surface area (Å²) in [6, 6.07) is 4.68. The molecule has 0 fully saturated rings. The minimum atomic E-state index is -0.428. The summed E-state index contributed by atoms with van der Waals surface area (Å²) in [7, 11) is 1.72. The number of nitro groups is 1. The van der Waals surface area contributed by atoms with E-state index in [0.717, 1.165) is 0 Å². The van der Waals surface area contributed by atoms with E-state index in [4.69, 9.17) is 5.73 Å². The fourth-order valence-electron chi connectivity index (χ4n) is 1.13. The SMILES string of the molecule is CNCc1c(N)cccc1[N+](=O)[O-]. The zero-order valence-electron chi connectivity index (χ0n) is 7.28. The molecule has 0 aliphatic rings. The summed E-state index contributed by atoms with van der Waals surface area (Å²) in [5, 5.41) is 13.4. The first-order chi connectivity index (χ1) is 6.16. The maximum absolute atomic E-state index is 10.6. The molecular formula is C8H11N3O2. The molecule has 13 heavy (non-hydrogen) atoms. The van der Waals surface area contributed by atoms with Gasteiger partial charge in [0.15, 0.2) is 0 Å². The molecule has 1 aromatic carbocycles. The smallest absolute Gasteiger partial charge is 0.275 e. The molecule has 0 aromatic heterocycles. The molecule has 0 unspecified atom stereocenters. The summed E-state index contributed by atoms with van der Waals surface area (Å²) in [6.45, 7) is 0.406. The fourth-order valence-corrected chi connectivity index (χ4v) is 1.13. The molecule has 0 saturated heterocycles. The van der Waals surface area contributed by atoms with Crippen molar-refractivity contribution >= 4 is 11.4 Å². The number of nitro benzene ring substituents is 1. The van der Waals surface area contributed by atoms with Crippen LogP contribution in [0.5, 0.6) is 0 Å². The van der Waals surface area contributed by atoms with Crippen LogP contribution in [0, 0.1) is 10.1 Å². The topological polar surface area (TPSA) is 81.2 Å². The van der Waals surface area contributed by atoms with Gasteiger partial charge in [0.25, 0.3) is 5.69 Å². The van der Waals surface area contributed by atoms with Gasteiger partial charge in [-0.05, 0) is 13.1 Å². The van der Waals surface area contributed by atoms with Crippen molar-refractivity contribution in [3.05, 3.63) is 33.9 Å². The van der Waals surface area contributed by atoms with Crippen molar-refractivity contribution in [2.45, 2.75) is 6.54 Å². The van der Waals surface area contributed by atoms with Gasteiger partial charge in [0.1, 0.15) is 0 Å². The Hall–Kier alpha value is -1.62. The van der Waals surface area contributed by atoms with Gasteiger partial charge in [0.2, 0.25) is 0 Å². The number of anilines is 1. The highest BCUT2D eigenvalue weighted by Gasteiger charge is 2.14. The molecular weight excluding hydrogens is 170 g/mol. The van der Waals surface area contributed by atoms with Crippen molar-refractivity contribution in [2.24, 2.45) is 0 Å². The van der Waals surface area contributed by atoms with E-state index in [-0.39, 0.29) is 5.69 Å². The maximum Gasteiger partial charge on any atom is 0.275 e. The highest BCUT2D eigenvalue weighted by molar-refractivity contribution is 5.57. The van der Waals surface area contributed by atoms with Crippen LogP contribution in [-0.4, -0.2) is 12.0 Å². The molecule has 0 radical (unpaired) electrons. The van der Waals surface area contributed by atoms with E-state index in [1.54, 1.807) is 19.2 Å². The second kappa shape index (κ2) is 3.86. The first-order valence-electron chi connectivity index (χ1n) is 3.83. The van der Waals surface area contributed by atoms with Crippen LogP contribution in [0.15, 0.2) is 18.2 Å². The van der Waals surface area contributed by atoms with Gasteiger partial charge in [-0.15, -0.1) is 0 Å².